The Morgan fingerprint density at radius 2 is 2.00 bits per heavy atom. The highest BCUT2D eigenvalue weighted by atomic mass is 19.1. The molecule has 0 aromatic rings. The second-order valence-corrected chi connectivity index (χ2v) is 1.85. The van der Waals surface area contributed by atoms with Gasteiger partial charge in [-0.25, -0.2) is 9.18 Å². The number of ketones is 1. The lowest BCUT2D eigenvalue weighted by atomic mass is 10.1. The number of hydrogen-bond donors (Lipinski definition) is 1. The third kappa shape index (κ3) is 1.97. The number of carboxylic acid groups (broad SMARTS) is 1. The molecule has 56 valence electrons. The molecule has 0 saturated heterocycles. The van der Waals surface area contributed by atoms with Crippen LogP contribution in [0.4, 0.5) is 4.39 Å². The summed E-state index contributed by atoms with van der Waals surface area (Å²) >= 11 is 0. The molecule has 4 heteroatoms. The fourth-order valence-corrected chi connectivity index (χ4v) is 0.328. The van der Waals surface area contributed by atoms with Gasteiger partial charge in [0.2, 0.25) is 5.78 Å². The van der Waals surface area contributed by atoms with Crippen LogP contribution in [-0.2, 0) is 9.59 Å². The third-order valence-electron chi connectivity index (χ3n) is 0.868. The second-order valence-electron chi connectivity index (χ2n) is 1.85. The summed E-state index contributed by atoms with van der Waals surface area (Å²) in [4.78, 5) is 20.2. The number of allylic oxidation sites excluding steroid dienone is 1. The summed E-state index contributed by atoms with van der Waals surface area (Å²) in [5.74, 6) is -2.85. The molecule has 0 rings (SSSR count). The van der Waals surface area contributed by atoms with Gasteiger partial charge in [0.25, 0.3) is 6.17 Å². The van der Waals surface area contributed by atoms with Crippen molar-refractivity contribution in [3.63, 3.8) is 0 Å². The number of aliphatic carboxylic acids is 1. The van der Waals surface area contributed by atoms with Crippen LogP contribution < -0.4 is 0 Å². The van der Waals surface area contributed by atoms with Gasteiger partial charge in [-0.1, -0.05) is 6.58 Å². The molecule has 10 heavy (non-hydrogen) atoms. The number of carbonyl (C=O) groups is 2. The molecule has 0 amide bonds. The van der Waals surface area contributed by atoms with Crippen LogP contribution in [0.3, 0.4) is 0 Å². The van der Waals surface area contributed by atoms with Crippen molar-refractivity contribution < 1.29 is 19.1 Å². The topological polar surface area (TPSA) is 54.4 Å². The molecule has 0 bridgehead atoms. The number of carboxylic acids is 1. The van der Waals surface area contributed by atoms with Crippen LogP contribution in [0.25, 0.3) is 0 Å². The van der Waals surface area contributed by atoms with Gasteiger partial charge >= 0.3 is 5.97 Å². The van der Waals surface area contributed by atoms with Gasteiger partial charge in [-0.05, 0) is 12.5 Å². The Morgan fingerprint density at radius 1 is 1.60 bits per heavy atom. The highest BCUT2D eigenvalue weighted by molar-refractivity contribution is 6.09. The Hall–Kier alpha value is -1.19. The smallest absolute Gasteiger partial charge is 0.346 e. The molecule has 0 aromatic carbocycles. The van der Waals surface area contributed by atoms with Gasteiger partial charge in [0.1, 0.15) is 0 Å². The zero-order valence-corrected chi connectivity index (χ0v) is 5.43. The summed E-state index contributed by atoms with van der Waals surface area (Å²) in [6.45, 7) is 4.37. The van der Waals surface area contributed by atoms with Crippen molar-refractivity contribution in [1.29, 1.82) is 0 Å². The van der Waals surface area contributed by atoms with E-state index >= 15 is 0 Å². The van der Waals surface area contributed by atoms with Gasteiger partial charge in [0.05, 0.1) is 0 Å². The standard InChI is InChI=1S/C6H7FO3/c1-3(2)5(8)4(7)6(9)10/h4H,1H2,2H3,(H,9,10). The predicted molar refractivity (Wildman–Crippen MR) is 32.4 cm³/mol. The molecule has 0 aliphatic carbocycles. The SMILES string of the molecule is C=C(C)C(=O)C(F)C(=O)O. The Labute approximate surface area is 57.2 Å². The van der Waals surface area contributed by atoms with Crippen molar-refractivity contribution in [2.75, 3.05) is 0 Å². The monoisotopic (exact) mass is 146 g/mol. The highest BCUT2D eigenvalue weighted by Gasteiger charge is 2.24. The number of carbonyl (C=O) groups excluding carboxylic acids is 1. The lowest BCUT2D eigenvalue weighted by Gasteiger charge is -1.98. The van der Waals surface area contributed by atoms with Crippen LogP contribution >= 0.6 is 0 Å². The van der Waals surface area contributed by atoms with Crippen LogP contribution in [0.2, 0.25) is 0 Å². The Bertz CT molecular complexity index is 185. The first kappa shape index (κ1) is 8.81. The molecule has 1 N–H and O–H groups in total. The molecule has 1 atom stereocenters. The van der Waals surface area contributed by atoms with E-state index in [0.29, 0.717) is 0 Å². The summed E-state index contributed by atoms with van der Waals surface area (Å²) < 4.78 is 12.2. The van der Waals surface area contributed by atoms with Crippen LogP contribution in [0, 0.1) is 0 Å². The van der Waals surface area contributed by atoms with Crippen molar-refractivity contribution in [1.82, 2.24) is 0 Å². The largest absolute Gasteiger partial charge is 0.479 e. The van der Waals surface area contributed by atoms with E-state index in [-0.39, 0.29) is 5.57 Å². The maximum atomic E-state index is 12.2. The molecule has 0 aromatic heterocycles. The Kier molecular flexibility index (Phi) is 2.73. The first-order valence-electron chi connectivity index (χ1n) is 2.53. The second kappa shape index (κ2) is 3.10. The average Bonchev–Trinajstić information content (AvgIpc) is 1.84. The molecule has 0 spiro atoms. The molecule has 0 heterocycles. The lowest BCUT2D eigenvalue weighted by molar-refractivity contribution is -0.146. The minimum absolute atomic E-state index is 0.0881. The van der Waals surface area contributed by atoms with Gasteiger partial charge in [0, 0.05) is 0 Å². The van der Waals surface area contributed by atoms with Crippen molar-refractivity contribution in [3.05, 3.63) is 12.2 Å². The van der Waals surface area contributed by atoms with Gasteiger partial charge in [-0.2, -0.15) is 0 Å². The van der Waals surface area contributed by atoms with Gasteiger partial charge < -0.3 is 5.11 Å². The molecule has 0 saturated carbocycles. The van der Waals surface area contributed by atoms with Crippen LogP contribution in [0.1, 0.15) is 6.92 Å². The Balaban J connectivity index is 4.22. The molecule has 0 radical (unpaired) electrons. The Morgan fingerprint density at radius 3 is 2.10 bits per heavy atom. The summed E-state index contributed by atoms with van der Waals surface area (Å²) in [6, 6.07) is 0. The molecular weight excluding hydrogens is 139 g/mol. The summed E-state index contributed by atoms with van der Waals surface area (Å²) in [5, 5.41) is 7.96. The number of Topliss-reactive ketones (excluding diaryl/α,β-unsaturated/α-hetero) is 1. The summed E-state index contributed by atoms with van der Waals surface area (Å²) in [7, 11) is 0. The van der Waals surface area contributed by atoms with Gasteiger partial charge in [-0.15, -0.1) is 0 Å². The average molecular weight is 146 g/mol. The van der Waals surface area contributed by atoms with Crippen LogP contribution in [-0.4, -0.2) is 23.0 Å². The fourth-order valence-electron chi connectivity index (χ4n) is 0.328. The van der Waals surface area contributed by atoms with Crippen LogP contribution in [0.15, 0.2) is 12.2 Å². The predicted octanol–water partition coefficient (Wildman–Crippen LogP) is 0.554. The number of rotatable bonds is 3. The highest BCUT2D eigenvalue weighted by Crippen LogP contribution is 2.00. The van der Waals surface area contributed by atoms with E-state index in [1.54, 1.807) is 0 Å². The summed E-state index contributed by atoms with van der Waals surface area (Å²) in [6.07, 6.45) is -2.46. The first-order valence-corrected chi connectivity index (χ1v) is 2.53. The van der Waals surface area contributed by atoms with Gasteiger partial charge in [-0.3, -0.25) is 4.79 Å². The molecule has 3 nitrogen and oxygen atoms in total. The van der Waals surface area contributed by atoms with E-state index in [4.69, 9.17) is 5.11 Å². The van der Waals surface area contributed by atoms with Crippen molar-refractivity contribution in [2.45, 2.75) is 13.1 Å². The molecule has 0 aliphatic rings. The number of hydrogen-bond acceptors (Lipinski definition) is 2. The number of halogens is 1. The van der Waals surface area contributed by atoms with Gasteiger partial charge in [0.15, 0.2) is 0 Å². The maximum absolute atomic E-state index is 12.2. The van der Waals surface area contributed by atoms with E-state index in [0.717, 1.165) is 0 Å². The van der Waals surface area contributed by atoms with E-state index in [2.05, 4.69) is 6.58 Å². The molecule has 0 aliphatic heterocycles. The van der Waals surface area contributed by atoms with Crippen molar-refractivity contribution in [2.24, 2.45) is 0 Å². The minimum atomic E-state index is -2.46. The molecular formula is C6H7FO3. The fraction of sp³-hybridized carbons (Fsp3) is 0.333. The quantitative estimate of drug-likeness (QED) is 0.467. The maximum Gasteiger partial charge on any atom is 0.346 e. The normalized spacial score (nSPS) is 12.2. The third-order valence-corrected chi connectivity index (χ3v) is 0.868. The molecule has 1 unspecified atom stereocenters. The molecule has 0 fully saturated rings. The zero-order chi connectivity index (χ0) is 8.31. The lowest BCUT2D eigenvalue weighted by Crippen LogP contribution is -2.25. The van der Waals surface area contributed by atoms with Crippen molar-refractivity contribution in [3.8, 4) is 0 Å². The summed E-state index contributed by atoms with van der Waals surface area (Å²) in [5.41, 5.74) is -0.0881. The first-order chi connectivity index (χ1) is 4.46. The van der Waals surface area contributed by atoms with Crippen LogP contribution in [0.5, 0.6) is 0 Å². The van der Waals surface area contributed by atoms with E-state index in [1.807, 2.05) is 0 Å². The number of alkyl halides is 1. The van der Waals surface area contributed by atoms with E-state index < -0.39 is 17.9 Å². The minimum Gasteiger partial charge on any atom is -0.479 e. The van der Waals surface area contributed by atoms with E-state index in [9.17, 15) is 14.0 Å². The van der Waals surface area contributed by atoms with E-state index in [1.165, 1.54) is 6.92 Å². The van der Waals surface area contributed by atoms with Crippen molar-refractivity contribution >= 4 is 11.8 Å². The zero-order valence-electron chi connectivity index (χ0n) is 5.43.